The van der Waals surface area contributed by atoms with Crippen LogP contribution >= 0.6 is 0 Å². The van der Waals surface area contributed by atoms with Crippen LogP contribution in [0.4, 0.5) is 0 Å². The molecule has 0 bridgehead atoms. The molecule has 3 aromatic rings. The van der Waals surface area contributed by atoms with Gasteiger partial charge < -0.3 is 14.6 Å². The highest BCUT2D eigenvalue weighted by molar-refractivity contribution is 5.76. The molecule has 0 atom stereocenters. The summed E-state index contributed by atoms with van der Waals surface area (Å²) in [4.78, 5) is 21.3. The zero-order valence-electron chi connectivity index (χ0n) is 15.2. The van der Waals surface area contributed by atoms with E-state index in [9.17, 15) is 4.79 Å². The van der Waals surface area contributed by atoms with Crippen LogP contribution in [0.25, 0.3) is 11.2 Å². The second-order valence-electron chi connectivity index (χ2n) is 6.15. The minimum Gasteiger partial charge on any atom is -0.497 e. The van der Waals surface area contributed by atoms with Gasteiger partial charge in [-0.1, -0.05) is 19.1 Å². The summed E-state index contributed by atoms with van der Waals surface area (Å²) in [6.07, 6.45) is 3.79. The van der Waals surface area contributed by atoms with Gasteiger partial charge in [0.25, 0.3) is 0 Å². The largest absolute Gasteiger partial charge is 0.497 e. The van der Waals surface area contributed by atoms with E-state index in [1.165, 1.54) is 0 Å². The number of hydrogen-bond acceptors (Lipinski definition) is 4. The second-order valence-corrected chi connectivity index (χ2v) is 6.15. The first-order valence-electron chi connectivity index (χ1n) is 8.91. The van der Waals surface area contributed by atoms with Crippen LogP contribution in [-0.2, 0) is 24.3 Å². The minimum absolute atomic E-state index is 0.0175. The average molecular weight is 352 g/mol. The molecule has 6 nitrogen and oxygen atoms in total. The molecule has 3 rings (SSSR count). The van der Waals surface area contributed by atoms with Crippen molar-refractivity contribution in [1.29, 1.82) is 0 Å². The van der Waals surface area contributed by atoms with Crippen LogP contribution in [0.15, 0.2) is 42.6 Å². The molecule has 26 heavy (non-hydrogen) atoms. The Morgan fingerprint density at radius 1 is 1.23 bits per heavy atom. The van der Waals surface area contributed by atoms with Crippen LogP contribution in [0.3, 0.4) is 0 Å². The first-order valence-corrected chi connectivity index (χ1v) is 8.91. The van der Waals surface area contributed by atoms with Crippen molar-refractivity contribution in [3.63, 3.8) is 0 Å². The number of rotatable bonds is 8. The predicted molar refractivity (Wildman–Crippen MR) is 101 cm³/mol. The number of ether oxygens (including phenoxy) is 1. The molecule has 0 aliphatic rings. The van der Waals surface area contributed by atoms with E-state index < -0.39 is 0 Å². The van der Waals surface area contributed by atoms with E-state index in [2.05, 4.69) is 26.8 Å². The summed E-state index contributed by atoms with van der Waals surface area (Å²) >= 11 is 0. The van der Waals surface area contributed by atoms with E-state index >= 15 is 0 Å². The van der Waals surface area contributed by atoms with E-state index in [4.69, 9.17) is 4.74 Å². The topological polar surface area (TPSA) is 69.0 Å². The first-order chi connectivity index (χ1) is 12.7. The Labute approximate surface area is 153 Å². The number of benzene rings is 1. The van der Waals surface area contributed by atoms with Crippen LogP contribution < -0.4 is 10.1 Å². The van der Waals surface area contributed by atoms with Crippen molar-refractivity contribution in [3.05, 3.63) is 54.0 Å². The lowest BCUT2D eigenvalue weighted by Crippen LogP contribution is -2.23. The fraction of sp³-hybridized carbons (Fsp3) is 0.350. The number of aryl methyl sites for hydroxylation is 2. The highest BCUT2D eigenvalue weighted by Gasteiger charge is 2.12. The smallest absolute Gasteiger partial charge is 0.220 e. The first kappa shape index (κ1) is 17.9. The molecule has 0 saturated heterocycles. The molecule has 0 radical (unpaired) electrons. The molecule has 0 unspecified atom stereocenters. The van der Waals surface area contributed by atoms with Gasteiger partial charge in [-0.05, 0) is 36.2 Å². The maximum Gasteiger partial charge on any atom is 0.220 e. The number of hydrogen-bond donors (Lipinski definition) is 1. The molecule has 0 aliphatic heterocycles. The molecule has 2 aromatic heterocycles. The maximum atomic E-state index is 12.2. The van der Waals surface area contributed by atoms with Crippen molar-refractivity contribution < 1.29 is 9.53 Å². The molecule has 1 N–H and O–H groups in total. The Bertz CT molecular complexity index is 871. The van der Waals surface area contributed by atoms with Gasteiger partial charge in [0.1, 0.15) is 17.1 Å². The van der Waals surface area contributed by atoms with Crippen molar-refractivity contribution >= 4 is 17.1 Å². The fourth-order valence-corrected chi connectivity index (χ4v) is 2.91. The van der Waals surface area contributed by atoms with Gasteiger partial charge in [0, 0.05) is 32.1 Å². The lowest BCUT2D eigenvalue weighted by Gasteiger charge is -2.08. The van der Waals surface area contributed by atoms with Crippen LogP contribution in [0.1, 0.15) is 31.2 Å². The summed E-state index contributed by atoms with van der Waals surface area (Å²) in [6.45, 7) is 3.49. The van der Waals surface area contributed by atoms with Gasteiger partial charge in [-0.25, -0.2) is 9.97 Å². The van der Waals surface area contributed by atoms with Gasteiger partial charge in [0.05, 0.1) is 7.11 Å². The lowest BCUT2D eigenvalue weighted by molar-refractivity contribution is -0.121. The normalized spacial score (nSPS) is 10.8. The third-order valence-corrected chi connectivity index (χ3v) is 4.25. The molecular weight excluding hydrogens is 328 g/mol. The van der Waals surface area contributed by atoms with Crippen molar-refractivity contribution in [2.75, 3.05) is 7.11 Å². The summed E-state index contributed by atoms with van der Waals surface area (Å²) in [6, 6.07) is 11.5. The molecule has 0 spiro atoms. The molecule has 1 amide bonds. The number of aromatic nitrogens is 3. The number of methoxy groups -OCH3 is 1. The Balaban J connectivity index is 1.58. The Morgan fingerprint density at radius 2 is 2.04 bits per heavy atom. The Morgan fingerprint density at radius 3 is 2.77 bits per heavy atom. The minimum atomic E-state index is 0.0175. The number of carbonyl (C=O) groups is 1. The summed E-state index contributed by atoms with van der Waals surface area (Å²) in [7, 11) is 1.64. The maximum absolute atomic E-state index is 12.2. The van der Waals surface area contributed by atoms with Gasteiger partial charge in [0.15, 0.2) is 5.65 Å². The third-order valence-electron chi connectivity index (χ3n) is 4.25. The fourth-order valence-electron chi connectivity index (χ4n) is 2.91. The molecular formula is C20H24N4O2. The quantitative estimate of drug-likeness (QED) is 0.676. The lowest BCUT2D eigenvalue weighted by atomic mass is 10.2. The van der Waals surface area contributed by atoms with Crippen LogP contribution in [0.2, 0.25) is 0 Å². The van der Waals surface area contributed by atoms with Gasteiger partial charge in [0.2, 0.25) is 5.91 Å². The van der Waals surface area contributed by atoms with Gasteiger partial charge in [-0.3, -0.25) is 4.79 Å². The highest BCUT2D eigenvalue weighted by Crippen LogP contribution is 2.16. The Kier molecular flexibility index (Phi) is 5.84. The van der Waals surface area contributed by atoms with Gasteiger partial charge in [-0.15, -0.1) is 0 Å². The number of nitrogens with one attached hydrogen (secondary N) is 1. The summed E-state index contributed by atoms with van der Waals surface area (Å²) in [5.74, 6) is 1.74. The van der Waals surface area contributed by atoms with Crippen LogP contribution in [0, 0.1) is 0 Å². The number of imidazole rings is 1. The standard InChI is InChI=1S/C20H24N4O2/c1-3-13-24-18(23-17-5-4-12-21-20(17)24)10-11-19(25)22-14-15-6-8-16(26-2)9-7-15/h4-9,12H,3,10-11,13-14H2,1-2H3,(H,22,25). The Hall–Kier alpha value is -2.89. The van der Waals surface area contributed by atoms with E-state index in [0.717, 1.165) is 41.3 Å². The molecule has 1 aromatic carbocycles. The molecule has 0 fully saturated rings. The number of nitrogens with zero attached hydrogens (tertiary/aromatic N) is 3. The zero-order valence-corrected chi connectivity index (χ0v) is 15.2. The number of amides is 1. The van der Waals surface area contributed by atoms with Gasteiger partial charge >= 0.3 is 0 Å². The van der Waals surface area contributed by atoms with Crippen molar-refractivity contribution in [2.24, 2.45) is 0 Å². The van der Waals surface area contributed by atoms with E-state index in [0.29, 0.717) is 19.4 Å². The predicted octanol–water partition coefficient (Wildman–Crippen LogP) is 3.10. The molecule has 2 heterocycles. The molecule has 136 valence electrons. The van der Waals surface area contributed by atoms with E-state index in [1.54, 1.807) is 13.3 Å². The number of pyridine rings is 1. The number of carbonyl (C=O) groups excluding carboxylic acids is 1. The summed E-state index contributed by atoms with van der Waals surface area (Å²) in [5, 5.41) is 2.96. The van der Waals surface area contributed by atoms with Crippen molar-refractivity contribution in [3.8, 4) is 5.75 Å². The summed E-state index contributed by atoms with van der Waals surface area (Å²) in [5.41, 5.74) is 2.82. The molecule has 0 aliphatic carbocycles. The molecule has 0 saturated carbocycles. The van der Waals surface area contributed by atoms with Crippen molar-refractivity contribution in [1.82, 2.24) is 19.9 Å². The third kappa shape index (κ3) is 4.20. The van der Waals surface area contributed by atoms with E-state index in [1.807, 2.05) is 36.4 Å². The van der Waals surface area contributed by atoms with Crippen LogP contribution in [0.5, 0.6) is 5.75 Å². The SMILES string of the molecule is CCCn1c(CCC(=O)NCc2ccc(OC)cc2)nc2cccnc21. The second kappa shape index (κ2) is 8.47. The average Bonchev–Trinajstić information content (AvgIpc) is 3.03. The monoisotopic (exact) mass is 352 g/mol. The zero-order chi connectivity index (χ0) is 18.4. The van der Waals surface area contributed by atoms with Gasteiger partial charge in [-0.2, -0.15) is 0 Å². The number of fused-ring (bicyclic) bond motifs is 1. The van der Waals surface area contributed by atoms with Crippen LogP contribution in [-0.4, -0.2) is 27.6 Å². The van der Waals surface area contributed by atoms with E-state index in [-0.39, 0.29) is 5.91 Å². The summed E-state index contributed by atoms with van der Waals surface area (Å²) < 4.78 is 7.25. The highest BCUT2D eigenvalue weighted by atomic mass is 16.5. The van der Waals surface area contributed by atoms with Crippen molar-refractivity contribution in [2.45, 2.75) is 39.3 Å². The molecule has 6 heteroatoms.